The minimum Gasteiger partial charge on any atom is -0.197 e. The van der Waals surface area contributed by atoms with Crippen molar-refractivity contribution in [3.63, 3.8) is 0 Å². The van der Waals surface area contributed by atoms with Crippen LogP contribution in [-0.2, 0) is 0 Å². The summed E-state index contributed by atoms with van der Waals surface area (Å²) in [5.41, 5.74) is 1.02. The molecule has 0 radical (unpaired) electrons. The highest BCUT2D eigenvalue weighted by Crippen LogP contribution is 2.41. The van der Waals surface area contributed by atoms with Gasteiger partial charge in [0, 0.05) is 0 Å². The number of nitrogens with zero attached hydrogens (tertiary/aromatic N) is 1. The molecule has 1 fully saturated rings. The Morgan fingerprint density at radius 2 is 1.93 bits per heavy atom. The first kappa shape index (κ1) is 9.02. The molecule has 1 nitrogen and oxygen atoms in total. The first-order valence-corrected chi connectivity index (χ1v) is 5.00. The third-order valence-corrected chi connectivity index (χ3v) is 2.86. The van der Waals surface area contributed by atoms with E-state index in [0.29, 0.717) is 0 Å². The number of hydrogen-bond acceptors (Lipinski definition) is 1. The lowest BCUT2D eigenvalue weighted by Crippen LogP contribution is -2.24. The van der Waals surface area contributed by atoms with E-state index in [-0.39, 0.29) is 5.41 Å². The van der Waals surface area contributed by atoms with Crippen LogP contribution in [0.25, 0.3) is 6.08 Å². The molecule has 70 valence electrons. The van der Waals surface area contributed by atoms with Crippen molar-refractivity contribution in [3.05, 3.63) is 42.0 Å². The molecule has 1 heteroatoms. The maximum atomic E-state index is 9.01. The highest BCUT2D eigenvalue weighted by atomic mass is 14.4. The average Bonchev–Trinajstić information content (AvgIpc) is 2.19. The van der Waals surface area contributed by atoms with Crippen molar-refractivity contribution in [2.75, 3.05) is 0 Å². The van der Waals surface area contributed by atoms with Crippen LogP contribution < -0.4 is 0 Å². The quantitative estimate of drug-likeness (QED) is 0.689. The Bertz CT molecular complexity index is 366. The number of rotatable bonds is 2. The lowest BCUT2D eigenvalue weighted by molar-refractivity contribution is 0.289. The standard InChI is InChI=1S/C13H13N/c14-11-13(8-4-9-13)10-7-12-5-2-1-3-6-12/h1-3,5-7,10H,4,8-9H2/b10-7+. The molecule has 0 saturated heterocycles. The van der Waals surface area contributed by atoms with Crippen LogP contribution >= 0.6 is 0 Å². The normalized spacial score (nSPS) is 18.8. The summed E-state index contributed by atoms with van der Waals surface area (Å²) in [6.07, 6.45) is 7.35. The average molecular weight is 183 g/mol. The second kappa shape index (κ2) is 3.67. The Morgan fingerprint density at radius 1 is 1.21 bits per heavy atom. The number of allylic oxidation sites excluding steroid dienone is 1. The Hall–Kier alpha value is -1.55. The second-order valence-electron chi connectivity index (χ2n) is 3.87. The van der Waals surface area contributed by atoms with Crippen molar-refractivity contribution < 1.29 is 0 Å². The molecule has 0 aromatic heterocycles. The molecule has 2 rings (SSSR count). The van der Waals surface area contributed by atoms with Gasteiger partial charge in [0.1, 0.15) is 0 Å². The van der Waals surface area contributed by atoms with Gasteiger partial charge in [-0.15, -0.1) is 0 Å². The Labute approximate surface area is 84.7 Å². The van der Waals surface area contributed by atoms with Crippen LogP contribution in [0.2, 0.25) is 0 Å². The van der Waals surface area contributed by atoms with Gasteiger partial charge in [-0.3, -0.25) is 0 Å². The summed E-state index contributed by atoms with van der Waals surface area (Å²) in [4.78, 5) is 0. The predicted octanol–water partition coefficient (Wildman–Crippen LogP) is 3.39. The van der Waals surface area contributed by atoms with Crippen molar-refractivity contribution in [1.29, 1.82) is 5.26 Å². The van der Waals surface area contributed by atoms with Crippen LogP contribution in [-0.4, -0.2) is 0 Å². The molecule has 0 amide bonds. The summed E-state index contributed by atoms with van der Waals surface area (Å²) >= 11 is 0. The monoisotopic (exact) mass is 183 g/mol. The summed E-state index contributed by atoms with van der Waals surface area (Å²) in [6, 6.07) is 12.5. The van der Waals surface area contributed by atoms with Gasteiger partial charge in [-0.25, -0.2) is 0 Å². The van der Waals surface area contributed by atoms with Crippen molar-refractivity contribution in [1.82, 2.24) is 0 Å². The largest absolute Gasteiger partial charge is 0.197 e. The smallest absolute Gasteiger partial charge is 0.0756 e. The van der Waals surface area contributed by atoms with E-state index < -0.39 is 0 Å². The molecule has 1 aliphatic rings. The molecule has 0 atom stereocenters. The molecule has 0 bridgehead atoms. The van der Waals surface area contributed by atoms with E-state index in [4.69, 9.17) is 5.26 Å². The third kappa shape index (κ3) is 1.70. The number of benzene rings is 1. The number of nitriles is 1. The van der Waals surface area contributed by atoms with Gasteiger partial charge in [-0.1, -0.05) is 42.5 Å². The summed E-state index contributed by atoms with van der Waals surface area (Å²) in [5, 5.41) is 9.01. The van der Waals surface area contributed by atoms with Crippen LogP contribution in [0.4, 0.5) is 0 Å². The molecular weight excluding hydrogens is 170 g/mol. The van der Waals surface area contributed by atoms with Gasteiger partial charge in [0.05, 0.1) is 11.5 Å². The van der Waals surface area contributed by atoms with Crippen molar-refractivity contribution in [2.24, 2.45) is 5.41 Å². The fourth-order valence-electron chi connectivity index (χ4n) is 1.69. The Kier molecular flexibility index (Phi) is 2.37. The van der Waals surface area contributed by atoms with Crippen LogP contribution in [0.5, 0.6) is 0 Å². The highest BCUT2D eigenvalue weighted by Gasteiger charge is 2.34. The maximum absolute atomic E-state index is 9.01. The van der Waals surface area contributed by atoms with Crippen LogP contribution in [0.3, 0.4) is 0 Å². The summed E-state index contributed by atoms with van der Waals surface area (Å²) in [5.74, 6) is 0. The summed E-state index contributed by atoms with van der Waals surface area (Å²) in [7, 11) is 0. The molecule has 0 N–H and O–H groups in total. The molecule has 1 aromatic carbocycles. The summed E-state index contributed by atoms with van der Waals surface area (Å²) < 4.78 is 0. The zero-order chi connectivity index (χ0) is 9.86. The molecular formula is C13H13N. The van der Waals surface area contributed by atoms with E-state index in [1.54, 1.807) is 0 Å². The molecule has 0 spiro atoms. The van der Waals surface area contributed by atoms with E-state index >= 15 is 0 Å². The maximum Gasteiger partial charge on any atom is 0.0756 e. The molecule has 0 aliphatic heterocycles. The van der Waals surface area contributed by atoms with Crippen molar-refractivity contribution >= 4 is 6.08 Å². The molecule has 1 saturated carbocycles. The fraction of sp³-hybridized carbons (Fsp3) is 0.308. The van der Waals surface area contributed by atoms with Gasteiger partial charge in [-0.2, -0.15) is 5.26 Å². The van der Waals surface area contributed by atoms with Crippen molar-refractivity contribution in [2.45, 2.75) is 19.3 Å². The SMILES string of the molecule is N#CC1(/C=C/c2ccccc2)CCC1. The minimum atomic E-state index is -0.157. The van der Waals surface area contributed by atoms with Gasteiger partial charge < -0.3 is 0 Å². The van der Waals surface area contributed by atoms with E-state index in [1.165, 1.54) is 12.0 Å². The van der Waals surface area contributed by atoms with E-state index in [9.17, 15) is 0 Å². The zero-order valence-corrected chi connectivity index (χ0v) is 8.11. The minimum absolute atomic E-state index is 0.157. The molecule has 0 unspecified atom stereocenters. The van der Waals surface area contributed by atoms with Gasteiger partial charge in [0.2, 0.25) is 0 Å². The number of hydrogen-bond donors (Lipinski definition) is 0. The first-order valence-electron chi connectivity index (χ1n) is 5.00. The van der Waals surface area contributed by atoms with Gasteiger partial charge in [0.15, 0.2) is 0 Å². The van der Waals surface area contributed by atoms with Crippen LogP contribution in [0.1, 0.15) is 24.8 Å². The molecule has 1 aliphatic carbocycles. The molecule has 0 heterocycles. The zero-order valence-electron chi connectivity index (χ0n) is 8.11. The van der Waals surface area contributed by atoms with Crippen molar-refractivity contribution in [3.8, 4) is 6.07 Å². The third-order valence-electron chi connectivity index (χ3n) is 2.86. The van der Waals surface area contributed by atoms with Gasteiger partial charge >= 0.3 is 0 Å². The lowest BCUT2D eigenvalue weighted by Gasteiger charge is -2.31. The topological polar surface area (TPSA) is 23.8 Å². The van der Waals surface area contributed by atoms with E-state index in [0.717, 1.165) is 12.8 Å². The van der Waals surface area contributed by atoms with Gasteiger partial charge in [-0.05, 0) is 24.8 Å². The Balaban J connectivity index is 2.11. The second-order valence-corrected chi connectivity index (χ2v) is 3.87. The first-order chi connectivity index (χ1) is 6.85. The van der Waals surface area contributed by atoms with Crippen LogP contribution in [0, 0.1) is 16.7 Å². The van der Waals surface area contributed by atoms with E-state index in [1.807, 2.05) is 18.2 Å². The van der Waals surface area contributed by atoms with Crippen LogP contribution in [0.15, 0.2) is 36.4 Å². The Morgan fingerprint density at radius 3 is 2.43 bits per heavy atom. The molecule has 14 heavy (non-hydrogen) atoms. The highest BCUT2D eigenvalue weighted by molar-refractivity contribution is 5.51. The lowest BCUT2D eigenvalue weighted by atomic mass is 9.70. The predicted molar refractivity (Wildman–Crippen MR) is 57.4 cm³/mol. The fourth-order valence-corrected chi connectivity index (χ4v) is 1.69. The summed E-state index contributed by atoms with van der Waals surface area (Å²) in [6.45, 7) is 0. The molecule has 1 aromatic rings. The van der Waals surface area contributed by atoms with Gasteiger partial charge in [0.25, 0.3) is 0 Å². The van der Waals surface area contributed by atoms with E-state index in [2.05, 4.69) is 30.4 Å².